The first kappa shape index (κ1) is 8.77. The van der Waals surface area contributed by atoms with Crippen molar-refractivity contribution in [1.82, 2.24) is 10.2 Å². The molecular weight excluding hydrogens is 154 g/mol. The summed E-state index contributed by atoms with van der Waals surface area (Å²) in [5.41, 5.74) is 0.705. The fourth-order valence-electron chi connectivity index (χ4n) is 1.04. The van der Waals surface area contributed by atoms with Crippen LogP contribution in [0.5, 0.6) is 0 Å². The molecule has 0 aromatic carbocycles. The highest BCUT2D eigenvalue weighted by Crippen LogP contribution is 2.05. The Morgan fingerprint density at radius 3 is 3.00 bits per heavy atom. The van der Waals surface area contributed by atoms with Crippen molar-refractivity contribution in [2.45, 2.75) is 13.3 Å². The molecule has 4 heteroatoms. The van der Waals surface area contributed by atoms with Crippen LogP contribution in [-0.2, 0) is 0 Å². The van der Waals surface area contributed by atoms with Crippen LogP contribution in [0.4, 0.5) is 5.69 Å². The quantitative estimate of drug-likeness (QED) is 0.717. The van der Waals surface area contributed by atoms with E-state index in [1.54, 1.807) is 12.3 Å². The lowest BCUT2D eigenvalue weighted by molar-refractivity contribution is 0.840. The Morgan fingerprint density at radius 1 is 1.67 bits per heavy atom. The molecule has 0 aliphatic carbocycles. The van der Waals surface area contributed by atoms with Crippen molar-refractivity contribution in [2.75, 3.05) is 18.5 Å². The third-order valence-corrected chi connectivity index (χ3v) is 1.65. The summed E-state index contributed by atoms with van der Waals surface area (Å²) >= 11 is 0. The molecule has 0 aliphatic rings. The third kappa shape index (κ3) is 2.08. The lowest BCUT2D eigenvalue weighted by Gasteiger charge is -2.16. The number of aromatic amines is 1. The van der Waals surface area contributed by atoms with Crippen LogP contribution in [0, 0.1) is 0 Å². The number of anilines is 1. The Morgan fingerprint density at radius 2 is 2.42 bits per heavy atom. The van der Waals surface area contributed by atoms with Crippen molar-refractivity contribution >= 4 is 5.69 Å². The van der Waals surface area contributed by atoms with E-state index < -0.39 is 0 Å². The smallest absolute Gasteiger partial charge is 0.266 e. The van der Waals surface area contributed by atoms with Gasteiger partial charge in [-0.2, -0.15) is 5.10 Å². The van der Waals surface area contributed by atoms with E-state index in [9.17, 15) is 4.79 Å². The van der Waals surface area contributed by atoms with E-state index in [4.69, 9.17) is 0 Å². The van der Waals surface area contributed by atoms with Gasteiger partial charge < -0.3 is 4.90 Å². The molecule has 0 atom stereocenters. The molecule has 0 saturated carbocycles. The second-order valence-electron chi connectivity index (χ2n) is 2.73. The van der Waals surface area contributed by atoms with Crippen LogP contribution in [-0.4, -0.2) is 23.8 Å². The van der Waals surface area contributed by atoms with Crippen LogP contribution < -0.4 is 10.5 Å². The maximum absolute atomic E-state index is 10.9. The summed E-state index contributed by atoms with van der Waals surface area (Å²) in [6, 6.07) is 1.54. The number of hydrogen-bond donors (Lipinski definition) is 1. The summed E-state index contributed by atoms with van der Waals surface area (Å²) in [5, 5.41) is 6.04. The van der Waals surface area contributed by atoms with Gasteiger partial charge in [0.25, 0.3) is 5.56 Å². The molecule has 0 bridgehead atoms. The van der Waals surface area contributed by atoms with E-state index in [0.29, 0.717) is 0 Å². The molecule has 4 nitrogen and oxygen atoms in total. The van der Waals surface area contributed by atoms with Gasteiger partial charge in [-0.05, 0) is 6.42 Å². The van der Waals surface area contributed by atoms with E-state index in [0.717, 1.165) is 18.7 Å². The van der Waals surface area contributed by atoms with E-state index in [-0.39, 0.29) is 5.56 Å². The van der Waals surface area contributed by atoms with Crippen LogP contribution in [0.1, 0.15) is 13.3 Å². The molecule has 1 aromatic rings. The summed E-state index contributed by atoms with van der Waals surface area (Å²) in [5.74, 6) is 0. The average molecular weight is 167 g/mol. The van der Waals surface area contributed by atoms with Crippen molar-refractivity contribution in [1.29, 1.82) is 0 Å². The van der Waals surface area contributed by atoms with Crippen LogP contribution in [0.3, 0.4) is 0 Å². The summed E-state index contributed by atoms with van der Waals surface area (Å²) in [4.78, 5) is 12.9. The van der Waals surface area contributed by atoms with Gasteiger partial charge in [-0.1, -0.05) is 6.92 Å². The molecule has 0 radical (unpaired) electrons. The predicted octanol–water partition coefficient (Wildman–Crippen LogP) is 0.616. The van der Waals surface area contributed by atoms with Gasteiger partial charge in [0.05, 0.1) is 11.9 Å². The standard InChI is InChI=1S/C8H13N3O/c1-3-4-11(2)7-5-8(12)10-9-6-7/h5-6H,3-4H2,1-2H3,(H,10,12). The maximum atomic E-state index is 10.9. The molecular formula is C8H13N3O. The zero-order valence-electron chi connectivity index (χ0n) is 7.37. The highest BCUT2D eigenvalue weighted by Gasteiger charge is 1.98. The largest absolute Gasteiger partial charge is 0.373 e. The average Bonchev–Trinajstić information content (AvgIpc) is 2.05. The molecule has 12 heavy (non-hydrogen) atoms. The molecule has 1 aromatic heterocycles. The lowest BCUT2D eigenvalue weighted by atomic mass is 10.4. The highest BCUT2D eigenvalue weighted by atomic mass is 16.1. The summed E-state index contributed by atoms with van der Waals surface area (Å²) in [6.45, 7) is 3.03. The lowest BCUT2D eigenvalue weighted by Crippen LogP contribution is -2.20. The zero-order valence-corrected chi connectivity index (χ0v) is 7.37. The normalized spacial score (nSPS) is 9.83. The first-order valence-corrected chi connectivity index (χ1v) is 4.00. The molecule has 0 amide bonds. The number of H-pyrrole nitrogens is 1. The Bertz CT molecular complexity index is 294. The van der Waals surface area contributed by atoms with Crippen molar-refractivity contribution in [2.24, 2.45) is 0 Å². The second-order valence-corrected chi connectivity index (χ2v) is 2.73. The molecule has 0 saturated heterocycles. The fraction of sp³-hybridized carbons (Fsp3) is 0.500. The van der Waals surface area contributed by atoms with E-state index >= 15 is 0 Å². The molecule has 0 fully saturated rings. The molecule has 1 rings (SSSR count). The zero-order chi connectivity index (χ0) is 8.97. The van der Waals surface area contributed by atoms with Gasteiger partial charge in [0.2, 0.25) is 0 Å². The molecule has 0 aliphatic heterocycles. The van der Waals surface area contributed by atoms with Gasteiger partial charge >= 0.3 is 0 Å². The Hall–Kier alpha value is -1.32. The topological polar surface area (TPSA) is 49.0 Å². The number of nitrogens with zero attached hydrogens (tertiary/aromatic N) is 2. The van der Waals surface area contributed by atoms with Crippen molar-refractivity contribution in [3.8, 4) is 0 Å². The van der Waals surface area contributed by atoms with Gasteiger partial charge in [0, 0.05) is 19.7 Å². The predicted molar refractivity (Wildman–Crippen MR) is 48.4 cm³/mol. The van der Waals surface area contributed by atoms with Crippen molar-refractivity contribution in [3.05, 3.63) is 22.6 Å². The maximum Gasteiger partial charge on any atom is 0.266 e. The minimum atomic E-state index is -0.157. The number of aromatic nitrogens is 2. The number of nitrogens with one attached hydrogen (secondary N) is 1. The number of rotatable bonds is 3. The summed E-state index contributed by atoms with van der Waals surface area (Å²) in [6.07, 6.45) is 2.71. The molecule has 0 spiro atoms. The molecule has 1 N–H and O–H groups in total. The molecule has 1 heterocycles. The first-order chi connectivity index (χ1) is 5.74. The minimum absolute atomic E-state index is 0.157. The van der Waals surface area contributed by atoms with Crippen LogP contribution in [0.15, 0.2) is 17.1 Å². The highest BCUT2D eigenvalue weighted by molar-refractivity contribution is 5.41. The van der Waals surface area contributed by atoms with Crippen molar-refractivity contribution < 1.29 is 0 Å². The van der Waals surface area contributed by atoms with Crippen LogP contribution in [0.25, 0.3) is 0 Å². The van der Waals surface area contributed by atoms with Gasteiger partial charge in [-0.3, -0.25) is 4.79 Å². The number of hydrogen-bond acceptors (Lipinski definition) is 3. The van der Waals surface area contributed by atoms with Gasteiger partial charge in [0.1, 0.15) is 0 Å². The Kier molecular flexibility index (Phi) is 2.85. The minimum Gasteiger partial charge on any atom is -0.373 e. The van der Waals surface area contributed by atoms with Gasteiger partial charge in [-0.15, -0.1) is 0 Å². The monoisotopic (exact) mass is 167 g/mol. The van der Waals surface area contributed by atoms with Crippen LogP contribution >= 0.6 is 0 Å². The van der Waals surface area contributed by atoms with E-state index in [2.05, 4.69) is 17.1 Å². The molecule has 0 unspecified atom stereocenters. The van der Waals surface area contributed by atoms with E-state index in [1.165, 1.54) is 0 Å². The summed E-state index contributed by atoms with van der Waals surface area (Å²) in [7, 11) is 1.94. The third-order valence-electron chi connectivity index (χ3n) is 1.65. The first-order valence-electron chi connectivity index (χ1n) is 4.00. The van der Waals surface area contributed by atoms with Gasteiger partial charge in [-0.25, -0.2) is 5.10 Å². The van der Waals surface area contributed by atoms with Crippen LogP contribution in [0.2, 0.25) is 0 Å². The fourth-order valence-corrected chi connectivity index (χ4v) is 1.04. The summed E-state index contributed by atoms with van der Waals surface area (Å²) < 4.78 is 0. The Labute approximate surface area is 71.2 Å². The van der Waals surface area contributed by atoms with Crippen molar-refractivity contribution in [3.63, 3.8) is 0 Å². The van der Waals surface area contributed by atoms with E-state index in [1.807, 2.05) is 11.9 Å². The SMILES string of the molecule is CCCN(C)c1cn[nH]c(=O)c1. The molecule has 66 valence electrons. The van der Waals surface area contributed by atoms with Gasteiger partial charge in [0.15, 0.2) is 0 Å². The Balaban J connectivity index is 2.80. The second kappa shape index (κ2) is 3.90.